The molecule has 1 saturated heterocycles. The quantitative estimate of drug-likeness (QED) is 0.720. The van der Waals surface area contributed by atoms with Gasteiger partial charge < -0.3 is 10.4 Å². The Bertz CT molecular complexity index is 1040. The number of carbonyl (C=O) groups is 1. The zero-order chi connectivity index (χ0) is 21.9. The van der Waals surface area contributed by atoms with Gasteiger partial charge in [-0.05, 0) is 43.0 Å². The second-order valence-electron chi connectivity index (χ2n) is 7.08. The number of anilines is 1. The van der Waals surface area contributed by atoms with E-state index in [0.717, 1.165) is 12.1 Å². The monoisotopic (exact) mass is 442 g/mol. The molecule has 30 heavy (non-hydrogen) atoms. The number of rotatable bonds is 6. The third-order valence-electron chi connectivity index (χ3n) is 5.07. The lowest BCUT2D eigenvalue weighted by Gasteiger charge is -2.30. The van der Waals surface area contributed by atoms with Gasteiger partial charge in [-0.15, -0.1) is 0 Å². The van der Waals surface area contributed by atoms with E-state index in [0.29, 0.717) is 12.8 Å². The molecule has 0 aromatic heterocycles. The van der Waals surface area contributed by atoms with Crippen LogP contribution in [0.1, 0.15) is 28.8 Å². The molecular weight excluding hydrogens is 421 g/mol. The van der Waals surface area contributed by atoms with Crippen molar-refractivity contribution in [2.45, 2.75) is 24.4 Å². The predicted octanol–water partition coefficient (Wildman–Crippen LogP) is 3.08. The lowest BCUT2D eigenvalue weighted by molar-refractivity contribution is 0.102. The number of nitrogens with zero attached hydrogens (tertiary/aromatic N) is 1. The number of aliphatic hydroxyl groups excluding tert-OH is 1. The molecule has 2 aromatic carbocycles. The number of halogens is 3. The van der Waals surface area contributed by atoms with Crippen LogP contribution >= 0.6 is 0 Å². The van der Waals surface area contributed by atoms with E-state index in [1.54, 1.807) is 0 Å². The van der Waals surface area contributed by atoms with E-state index in [2.05, 4.69) is 5.32 Å². The molecule has 0 spiro atoms. The number of piperidine rings is 1. The fourth-order valence-corrected chi connectivity index (χ4v) is 4.81. The van der Waals surface area contributed by atoms with Crippen LogP contribution in [0.5, 0.6) is 0 Å². The molecule has 0 radical (unpaired) electrons. The molecule has 0 aliphatic carbocycles. The summed E-state index contributed by atoms with van der Waals surface area (Å²) < 4.78 is 66.9. The Kier molecular flexibility index (Phi) is 6.79. The first-order valence-electron chi connectivity index (χ1n) is 9.32. The fraction of sp³-hybridized carbons (Fsp3) is 0.350. The molecule has 0 bridgehead atoms. The van der Waals surface area contributed by atoms with E-state index >= 15 is 0 Å². The summed E-state index contributed by atoms with van der Waals surface area (Å²) in [5.41, 5.74) is -0.688. The van der Waals surface area contributed by atoms with Crippen LogP contribution in [0.2, 0.25) is 0 Å². The molecule has 0 unspecified atom stereocenters. The summed E-state index contributed by atoms with van der Waals surface area (Å²) in [5.74, 6) is -3.31. The maximum absolute atomic E-state index is 13.6. The second-order valence-corrected chi connectivity index (χ2v) is 9.01. The first kappa shape index (κ1) is 22.3. The maximum atomic E-state index is 13.6. The summed E-state index contributed by atoms with van der Waals surface area (Å²) >= 11 is 0. The van der Waals surface area contributed by atoms with Gasteiger partial charge in [-0.3, -0.25) is 4.79 Å². The number of hydrogen-bond donors (Lipinski definition) is 2. The third kappa shape index (κ3) is 4.66. The summed E-state index contributed by atoms with van der Waals surface area (Å²) in [6.07, 6.45) is 1.09. The van der Waals surface area contributed by atoms with Crippen molar-refractivity contribution in [2.75, 3.05) is 25.0 Å². The Morgan fingerprint density at radius 3 is 2.50 bits per heavy atom. The molecular formula is C20H21F3N2O4S. The van der Waals surface area contributed by atoms with Crippen molar-refractivity contribution in [3.63, 3.8) is 0 Å². The second kappa shape index (κ2) is 9.15. The Labute approximate surface area is 172 Å². The number of carbonyl (C=O) groups excluding carboxylic acids is 1. The molecule has 2 N–H and O–H groups in total. The van der Waals surface area contributed by atoms with Gasteiger partial charge in [0.1, 0.15) is 6.67 Å². The standard InChI is InChI=1S/C20H21F3N2O4S/c21-11-15-8-16(10-18(22)19(15)23)24-20(27)14-2-1-3-17(9-14)30(28,29)25-6-4-13(12-26)5-7-25/h1-3,8-10,13,26H,4-7,11-12H2,(H,24,27). The topological polar surface area (TPSA) is 86.7 Å². The Morgan fingerprint density at radius 2 is 1.87 bits per heavy atom. The minimum Gasteiger partial charge on any atom is -0.396 e. The summed E-state index contributed by atoms with van der Waals surface area (Å²) in [4.78, 5) is 12.4. The first-order valence-corrected chi connectivity index (χ1v) is 10.8. The molecule has 1 amide bonds. The summed E-state index contributed by atoms with van der Waals surface area (Å²) in [5, 5.41) is 11.5. The highest BCUT2D eigenvalue weighted by Crippen LogP contribution is 2.25. The third-order valence-corrected chi connectivity index (χ3v) is 6.97. The van der Waals surface area contributed by atoms with Gasteiger partial charge in [0.25, 0.3) is 5.91 Å². The van der Waals surface area contributed by atoms with Gasteiger partial charge in [0.15, 0.2) is 11.6 Å². The van der Waals surface area contributed by atoms with Crippen LogP contribution in [0.3, 0.4) is 0 Å². The van der Waals surface area contributed by atoms with Crippen LogP contribution in [0.25, 0.3) is 0 Å². The average Bonchev–Trinajstić information content (AvgIpc) is 2.76. The molecule has 1 fully saturated rings. The van der Waals surface area contributed by atoms with Crippen molar-refractivity contribution in [2.24, 2.45) is 5.92 Å². The number of aliphatic hydroxyl groups is 1. The number of hydrogen-bond acceptors (Lipinski definition) is 4. The highest BCUT2D eigenvalue weighted by Gasteiger charge is 2.29. The van der Waals surface area contributed by atoms with E-state index in [1.807, 2.05) is 0 Å². The van der Waals surface area contributed by atoms with Crippen LogP contribution in [0, 0.1) is 17.6 Å². The molecule has 162 valence electrons. The number of nitrogens with one attached hydrogen (secondary N) is 1. The lowest BCUT2D eigenvalue weighted by Crippen LogP contribution is -2.39. The van der Waals surface area contributed by atoms with Crippen molar-refractivity contribution >= 4 is 21.6 Å². The van der Waals surface area contributed by atoms with Gasteiger partial charge in [-0.25, -0.2) is 21.6 Å². The number of sulfonamides is 1. The minimum atomic E-state index is -3.83. The minimum absolute atomic E-state index is 0.00662. The van der Waals surface area contributed by atoms with Gasteiger partial charge in [0.05, 0.1) is 4.90 Å². The molecule has 2 aromatic rings. The Balaban J connectivity index is 1.80. The summed E-state index contributed by atoms with van der Waals surface area (Å²) in [6, 6.07) is 7.03. The van der Waals surface area contributed by atoms with Gasteiger partial charge >= 0.3 is 0 Å². The van der Waals surface area contributed by atoms with Gasteiger partial charge in [0.2, 0.25) is 10.0 Å². The zero-order valence-electron chi connectivity index (χ0n) is 15.9. The van der Waals surface area contributed by atoms with Gasteiger partial charge in [-0.1, -0.05) is 6.07 Å². The first-order chi connectivity index (χ1) is 14.3. The van der Waals surface area contributed by atoms with Crippen LogP contribution in [0.15, 0.2) is 41.3 Å². The van der Waals surface area contributed by atoms with Gasteiger partial charge in [-0.2, -0.15) is 4.31 Å². The highest BCUT2D eigenvalue weighted by molar-refractivity contribution is 7.89. The van der Waals surface area contributed by atoms with Crippen molar-refractivity contribution < 1.29 is 31.5 Å². The number of amides is 1. The van der Waals surface area contributed by atoms with E-state index in [-0.39, 0.29) is 41.8 Å². The normalized spacial score (nSPS) is 15.9. The predicted molar refractivity (Wildman–Crippen MR) is 104 cm³/mol. The largest absolute Gasteiger partial charge is 0.396 e. The molecule has 3 rings (SSSR count). The molecule has 6 nitrogen and oxygen atoms in total. The maximum Gasteiger partial charge on any atom is 0.255 e. The number of alkyl halides is 1. The van der Waals surface area contributed by atoms with Crippen molar-refractivity contribution in [3.8, 4) is 0 Å². The average molecular weight is 442 g/mol. The van der Waals surface area contributed by atoms with Crippen LogP contribution in [-0.4, -0.2) is 43.4 Å². The zero-order valence-corrected chi connectivity index (χ0v) is 16.8. The fourth-order valence-electron chi connectivity index (χ4n) is 3.30. The van der Waals surface area contributed by atoms with E-state index in [1.165, 1.54) is 28.6 Å². The SMILES string of the molecule is O=C(Nc1cc(F)c(F)c(CF)c1)c1cccc(S(=O)(=O)N2CCC(CO)CC2)c1. The smallest absolute Gasteiger partial charge is 0.255 e. The molecule has 0 atom stereocenters. The molecule has 1 heterocycles. The van der Waals surface area contributed by atoms with E-state index in [4.69, 9.17) is 0 Å². The lowest BCUT2D eigenvalue weighted by atomic mass is 10.00. The Morgan fingerprint density at radius 1 is 1.17 bits per heavy atom. The van der Waals surface area contributed by atoms with Crippen molar-refractivity contribution in [3.05, 3.63) is 59.2 Å². The van der Waals surface area contributed by atoms with E-state index < -0.39 is 39.8 Å². The molecule has 1 aliphatic rings. The molecule has 1 aliphatic heterocycles. The van der Waals surface area contributed by atoms with Crippen LogP contribution in [-0.2, 0) is 16.7 Å². The highest BCUT2D eigenvalue weighted by atomic mass is 32.2. The van der Waals surface area contributed by atoms with Crippen molar-refractivity contribution in [1.29, 1.82) is 0 Å². The van der Waals surface area contributed by atoms with E-state index in [9.17, 15) is 31.5 Å². The van der Waals surface area contributed by atoms with Crippen LogP contribution < -0.4 is 5.32 Å². The van der Waals surface area contributed by atoms with Crippen molar-refractivity contribution in [1.82, 2.24) is 4.31 Å². The molecule has 0 saturated carbocycles. The Hall–Kier alpha value is -2.43. The number of benzene rings is 2. The summed E-state index contributed by atoms with van der Waals surface area (Å²) in [7, 11) is -3.83. The summed E-state index contributed by atoms with van der Waals surface area (Å²) in [6.45, 7) is -0.694. The molecule has 10 heteroatoms. The van der Waals surface area contributed by atoms with Gasteiger partial charge in [0, 0.05) is 42.6 Å². The van der Waals surface area contributed by atoms with Crippen LogP contribution in [0.4, 0.5) is 18.9 Å².